The number of alkyl carbamates (subject to hydrolysis) is 1. The topological polar surface area (TPSA) is 77.5 Å². The van der Waals surface area contributed by atoms with Crippen molar-refractivity contribution in [2.45, 2.75) is 39.3 Å². The summed E-state index contributed by atoms with van der Waals surface area (Å²) in [6.07, 6.45) is 1.10. The van der Waals surface area contributed by atoms with Crippen LogP contribution in [-0.4, -0.2) is 18.2 Å². The molecule has 0 aliphatic heterocycles. The molecule has 1 rings (SSSR count). The molecule has 0 saturated heterocycles. The van der Waals surface area contributed by atoms with E-state index in [9.17, 15) is 4.79 Å². The summed E-state index contributed by atoms with van der Waals surface area (Å²) in [6.45, 7) is 7.56. The summed E-state index contributed by atoms with van der Waals surface area (Å²) in [6, 6.07) is 1.51. The Labute approximate surface area is 101 Å². The SMILES string of the molecule is Cc1occc1C(CN)NC(=O)OC(C)(C)C. The Balaban J connectivity index is 2.66. The minimum atomic E-state index is -0.519. The van der Waals surface area contributed by atoms with Crippen molar-refractivity contribution in [3.05, 3.63) is 23.7 Å². The van der Waals surface area contributed by atoms with Gasteiger partial charge in [-0.05, 0) is 33.8 Å². The summed E-state index contributed by atoms with van der Waals surface area (Å²) in [5, 5.41) is 2.72. The van der Waals surface area contributed by atoms with Gasteiger partial charge >= 0.3 is 6.09 Å². The predicted octanol–water partition coefficient (Wildman–Crippen LogP) is 2.11. The zero-order valence-corrected chi connectivity index (χ0v) is 10.7. The quantitative estimate of drug-likeness (QED) is 0.848. The fourth-order valence-electron chi connectivity index (χ4n) is 1.47. The minimum absolute atomic E-state index is 0.288. The number of furan rings is 1. The van der Waals surface area contributed by atoms with Gasteiger partial charge in [-0.1, -0.05) is 0 Å². The van der Waals surface area contributed by atoms with Crippen LogP contribution in [0.1, 0.15) is 38.1 Å². The molecule has 1 aromatic heterocycles. The van der Waals surface area contributed by atoms with Crippen molar-refractivity contribution >= 4 is 6.09 Å². The Bertz CT molecular complexity index is 379. The summed E-state index contributed by atoms with van der Waals surface area (Å²) in [5.41, 5.74) is 5.99. The normalized spacial score (nSPS) is 13.2. The Morgan fingerprint density at radius 3 is 2.65 bits per heavy atom. The van der Waals surface area contributed by atoms with E-state index < -0.39 is 11.7 Å². The molecule has 5 heteroatoms. The number of nitrogens with one attached hydrogen (secondary N) is 1. The first kappa shape index (κ1) is 13.6. The highest BCUT2D eigenvalue weighted by Crippen LogP contribution is 2.18. The highest BCUT2D eigenvalue weighted by Gasteiger charge is 2.21. The zero-order valence-electron chi connectivity index (χ0n) is 10.7. The summed E-state index contributed by atoms with van der Waals surface area (Å²) in [7, 11) is 0. The smallest absolute Gasteiger partial charge is 0.408 e. The molecule has 96 valence electrons. The van der Waals surface area contributed by atoms with Gasteiger partial charge in [0.15, 0.2) is 0 Å². The molecule has 1 unspecified atom stereocenters. The van der Waals surface area contributed by atoms with Gasteiger partial charge in [-0.25, -0.2) is 4.79 Å². The van der Waals surface area contributed by atoms with Gasteiger partial charge in [-0.15, -0.1) is 0 Å². The lowest BCUT2D eigenvalue weighted by molar-refractivity contribution is 0.0505. The Morgan fingerprint density at radius 1 is 1.59 bits per heavy atom. The lowest BCUT2D eigenvalue weighted by atomic mass is 10.1. The first-order chi connectivity index (χ1) is 7.83. The fourth-order valence-corrected chi connectivity index (χ4v) is 1.47. The van der Waals surface area contributed by atoms with Gasteiger partial charge in [-0.3, -0.25) is 0 Å². The van der Waals surface area contributed by atoms with Gasteiger partial charge in [0, 0.05) is 12.1 Å². The van der Waals surface area contributed by atoms with Crippen molar-refractivity contribution in [3.8, 4) is 0 Å². The maximum atomic E-state index is 11.6. The van der Waals surface area contributed by atoms with E-state index in [0.29, 0.717) is 6.54 Å². The summed E-state index contributed by atoms with van der Waals surface area (Å²) in [4.78, 5) is 11.6. The number of rotatable bonds is 3. The monoisotopic (exact) mass is 240 g/mol. The van der Waals surface area contributed by atoms with Crippen molar-refractivity contribution < 1.29 is 13.9 Å². The number of aryl methyl sites for hydroxylation is 1. The van der Waals surface area contributed by atoms with E-state index in [-0.39, 0.29) is 6.04 Å². The van der Waals surface area contributed by atoms with E-state index >= 15 is 0 Å². The molecule has 5 nitrogen and oxygen atoms in total. The van der Waals surface area contributed by atoms with Crippen LogP contribution in [0.15, 0.2) is 16.7 Å². The van der Waals surface area contributed by atoms with Crippen LogP contribution in [0.4, 0.5) is 4.79 Å². The summed E-state index contributed by atoms with van der Waals surface area (Å²) >= 11 is 0. The highest BCUT2D eigenvalue weighted by atomic mass is 16.6. The van der Waals surface area contributed by atoms with Gasteiger partial charge in [0.25, 0.3) is 0 Å². The van der Waals surface area contributed by atoms with Crippen LogP contribution in [-0.2, 0) is 4.74 Å². The zero-order chi connectivity index (χ0) is 13.1. The molecule has 0 spiro atoms. The van der Waals surface area contributed by atoms with Crippen LogP contribution < -0.4 is 11.1 Å². The minimum Gasteiger partial charge on any atom is -0.469 e. The maximum absolute atomic E-state index is 11.6. The number of nitrogens with two attached hydrogens (primary N) is 1. The molecule has 0 radical (unpaired) electrons. The largest absolute Gasteiger partial charge is 0.469 e. The van der Waals surface area contributed by atoms with E-state index in [1.54, 1.807) is 12.3 Å². The lowest BCUT2D eigenvalue weighted by Crippen LogP contribution is -2.37. The third-order valence-corrected chi connectivity index (χ3v) is 2.20. The average Bonchev–Trinajstić information content (AvgIpc) is 2.58. The second-order valence-corrected chi connectivity index (χ2v) is 4.87. The lowest BCUT2D eigenvalue weighted by Gasteiger charge is -2.22. The van der Waals surface area contributed by atoms with Crippen molar-refractivity contribution in [1.29, 1.82) is 0 Å². The van der Waals surface area contributed by atoms with Crippen LogP contribution in [0.5, 0.6) is 0 Å². The molecule has 0 bridgehead atoms. The average molecular weight is 240 g/mol. The van der Waals surface area contributed by atoms with Crippen molar-refractivity contribution in [3.63, 3.8) is 0 Å². The van der Waals surface area contributed by atoms with Gasteiger partial charge in [0.05, 0.1) is 12.3 Å². The Morgan fingerprint density at radius 2 is 2.24 bits per heavy atom. The van der Waals surface area contributed by atoms with Crippen LogP contribution in [0.3, 0.4) is 0 Å². The second kappa shape index (κ2) is 5.23. The van der Waals surface area contributed by atoms with Gasteiger partial charge in [-0.2, -0.15) is 0 Å². The second-order valence-electron chi connectivity index (χ2n) is 4.87. The third-order valence-electron chi connectivity index (χ3n) is 2.20. The van der Waals surface area contributed by atoms with Crippen LogP contribution >= 0.6 is 0 Å². The van der Waals surface area contributed by atoms with E-state index in [2.05, 4.69) is 5.32 Å². The molecule has 17 heavy (non-hydrogen) atoms. The Kier molecular flexibility index (Phi) is 4.17. The van der Waals surface area contributed by atoms with E-state index in [4.69, 9.17) is 14.9 Å². The summed E-state index contributed by atoms with van der Waals surface area (Å²) < 4.78 is 10.4. The van der Waals surface area contributed by atoms with Crippen LogP contribution in [0, 0.1) is 6.92 Å². The molecule has 1 aromatic rings. The molecular formula is C12H20N2O3. The molecule has 1 atom stereocenters. The van der Waals surface area contributed by atoms with E-state index in [1.807, 2.05) is 27.7 Å². The van der Waals surface area contributed by atoms with Crippen molar-refractivity contribution in [2.75, 3.05) is 6.54 Å². The van der Waals surface area contributed by atoms with Crippen LogP contribution in [0.25, 0.3) is 0 Å². The van der Waals surface area contributed by atoms with Gasteiger partial charge in [0.2, 0.25) is 0 Å². The van der Waals surface area contributed by atoms with Crippen LogP contribution in [0.2, 0.25) is 0 Å². The highest BCUT2D eigenvalue weighted by molar-refractivity contribution is 5.68. The predicted molar refractivity (Wildman–Crippen MR) is 64.6 cm³/mol. The molecule has 0 fully saturated rings. The first-order valence-corrected chi connectivity index (χ1v) is 5.57. The number of carbonyl (C=O) groups excluding carboxylic acids is 1. The summed E-state index contributed by atoms with van der Waals surface area (Å²) in [5.74, 6) is 0.747. The molecule has 0 saturated carbocycles. The molecule has 1 heterocycles. The number of hydrogen-bond acceptors (Lipinski definition) is 4. The number of hydrogen-bond donors (Lipinski definition) is 2. The molecule has 0 aromatic carbocycles. The number of amides is 1. The maximum Gasteiger partial charge on any atom is 0.408 e. The first-order valence-electron chi connectivity index (χ1n) is 5.57. The molecule has 0 aliphatic rings. The standard InChI is InChI=1S/C12H20N2O3/c1-8-9(5-6-16-8)10(7-13)14-11(15)17-12(2,3)4/h5-6,10H,7,13H2,1-4H3,(H,14,15). The van der Waals surface area contributed by atoms with E-state index in [1.165, 1.54) is 0 Å². The van der Waals surface area contributed by atoms with Crippen molar-refractivity contribution in [1.82, 2.24) is 5.32 Å². The van der Waals surface area contributed by atoms with Crippen molar-refractivity contribution in [2.24, 2.45) is 5.73 Å². The molecule has 1 amide bonds. The molecule has 3 N–H and O–H groups in total. The van der Waals surface area contributed by atoms with E-state index in [0.717, 1.165) is 11.3 Å². The Hall–Kier alpha value is -1.49. The van der Waals surface area contributed by atoms with Gasteiger partial charge in [0.1, 0.15) is 11.4 Å². The molecular weight excluding hydrogens is 220 g/mol. The van der Waals surface area contributed by atoms with Gasteiger partial charge < -0.3 is 20.2 Å². The number of carbonyl (C=O) groups is 1. The molecule has 0 aliphatic carbocycles. The number of ether oxygens (including phenoxy) is 1. The third kappa shape index (κ3) is 4.11. The fraction of sp³-hybridized carbons (Fsp3) is 0.583.